The highest BCUT2D eigenvalue weighted by Gasteiger charge is 1.96. The van der Waals surface area contributed by atoms with Crippen LogP contribution >= 0.6 is 0 Å². The minimum absolute atomic E-state index is 0.374. The van der Waals surface area contributed by atoms with Crippen LogP contribution in [0.2, 0.25) is 0 Å². The molecule has 0 aliphatic heterocycles. The highest BCUT2D eigenvalue weighted by Crippen LogP contribution is 1.82. The van der Waals surface area contributed by atoms with Crippen LogP contribution in [-0.2, 0) is 4.74 Å². The molecule has 0 aromatic heterocycles. The van der Waals surface area contributed by atoms with Gasteiger partial charge >= 0.3 is 0 Å². The van der Waals surface area contributed by atoms with Gasteiger partial charge < -0.3 is 10.1 Å². The van der Waals surface area contributed by atoms with Gasteiger partial charge in [-0.2, -0.15) is 0 Å². The topological polar surface area (TPSA) is 45.4 Å². The Kier molecular flexibility index (Phi) is 3.67. The maximum Gasteiger partial charge on any atom is 0.229 e. The molecule has 0 rings (SSSR count). The Morgan fingerprint density at radius 3 is 2.33 bits per heavy atom. The maximum absolute atomic E-state index is 7.10. The van der Waals surface area contributed by atoms with Crippen LogP contribution in [0.15, 0.2) is 4.99 Å². The fourth-order valence-electron chi connectivity index (χ4n) is 0.480. The summed E-state index contributed by atoms with van der Waals surface area (Å²) in [4.78, 5) is 3.91. The molecule has 52 valence electrons. The number of nitrogens with one attached hydrogen (secondary N) is 1. The number of hydrogen-bond acceptors (Lipinski definition) is 3. The van der Waals surface area contributed by atoms with Gasteiger partial charge in [0.2, 0.25) is 5.90 Å². The minimum atomic E-state index is 0.374. The first-order valence-corrected chi connectivity index (χ1v) is 2.86. The van der Waals surface area contributed by atoms with Crippen molar-refractivity contribution in [1.29, 1.82) is 5.41 Å². The zero-order chi connectivity index (χ0) is 7.28. The van der Waals surface area contributed by atoms with Crippen molar-refractivity contribution in [2.75, 3.05) is 13.7 Å². The fourth-order valence-corrected chi connectivity index (χ4v) is 0.480. The van der Waals surface area contributed by atoms with Crippen molar-refractivity contribution in [2.24, 2.45) is 4.99 Å². The molecular weight excluding hydrogens is 116 g/mol. The van der Waals surface area contributed by atoms with Crippen molar-refractivity contribution in [2.45, 2.75) is 13.8 Å². The average Bonchev–Trinajstić information content (AvgIpc) is 1.82. The number of nitrogens with zero attached hydrogens (tertiary/aromatic N) is 1. The maximum atomic E-state index is 7.10. The Morgan fingerprint density at radius 1 is 1.67 bits per heavy atom. The molecule has 0 saturated carbocycles. The van der Waals surface area contributed by atoms with Crippen LogP contribution < -0.4 is 0 Å². The normalized spacial score (nSPS) is 11.2. The van der Waals surface area contributed by atoms with Crippen LogP contribution in [0.3, 0.4) is 0 Å². The summed E-state index contributed by atoms with van der Waals surface area (Å²) in [6, 6.07) is 0. The quantitative estimate of drug-likeness (QED) is 0.439. The molecule has 0 heterocycles. The van der Waals surface area contributed by atoms with Crippen molar-refractivity contribution >= 4 is 11.6 Å². The first kappa shape index (κ1) is 8.14. The molecule has 0 aliphatic rings. The molecular formula is C6H12N2O. The fraction of sp³-hybridized carbons (Fsp3) is 0.667. The Morgan fingerprint density at radius 2 is 2.22 bits per heavy atom. The van der Waals surface area contributed by atoms with E-state index >= 15 is 0 Å². The van der Waals surface area contributed by atoms with Gasteiger partial charge in [0.15, 0.2) is 0 Å². The Balaban J connectivity index is 3.98. The summed E-state index contributed by atoms with van der Waals surface area (Å²) in [5, 5.41) is 7.10. The highest BCUT2D eigenvalue weighted by molar-refractivity contribution is 6.36. The van der Waals surface area contributed by atoms with Gasteiger partial charge in [-0.3, -0.25) is 4.99 Å². The molecule has 0 amide bonds. The molecule has 0 aliphatic carbocycles. The van der Waals surface area contributed by atoms with Crippen molar-refractivity contribution in [3.63, 3.8) is 0 Å². The van der Waals surface area contributed by atoms with Gasteiger partial charge in [-0.25, -0.2) is 0 Å². The van der Waals surface area contributed by atoms with E-state index in [9.17, 15) is 0 Å². The van der Waals surface area contributed by atoms with Gasteiger partial charge in [0, 0.05) is 6.54 Å². The van der Waals surface area contributed by atoms with Crippen LogP contribution in [0.5, 0.6) is 0 Å². The number of methoxy groups -OCH3 is 1. The van der Waals surface area contributed by atoms with Crippen molar-refractivity contribution in [1.82, 2.24) is 0 Å². The summed E-state index contributed by atoms with van der Waals surface area (Å²) >= 11 is 0. The third kappa shape index (κ3) is 2.85. The van der Waals surface area contributed by atoms with E-state index in [1.165, 1.54) is 7.11 Å². The van der Waals surface area contributed by atoms with E-state index < -0.39 is 0 Å². The predicted octanol–water partition coefficient (Wildman–Crippen LogP) is 1.09. The second-order valence-corrected chi connectivity index (χ2v) is 1.61. The smallest absolute Gasteiger partial charge is 0.229 e. The second-order valence-electron chi connectivity index (χ2n) is 1.61. The second kappa shape index (κ2) is 4.06. The van der Waals surface area contributed by atoms with Crippen LogP contribution in [0.4, 0.5) is 0 Å². The lowest BCUT2D eigenvalue weighted by Gasteiger charge is -1.99. The zero-order valence-corrected chi connectivity index (χ0v) is 6.06. The first-order chi connectivity index (χ1) is 4.22. The third-order valence-electron chi connectivity index (χ3n) is 0.816. The van der Waals surface area contributed by atoms with E-state index in [1.54, 1.807) is 6.92 Å². The molecule has 0 aromatic carbocycles. The van der Waals surface area contributed by atoms with Crippen molar-refractivity contribution in [3.05, 3.63) is 0 Å². The highest BCUT2D eigenvalue weighted by atomic mass is 16.5. The van der Waals surface area contributed by atoms with E-state index in [0.717, 1.165) is 0 Å². The molecule has 9 heavy (non-hydrogen) atoms. The van der Waals surface area contributed by atoms with E-state index in [-0.39, 0.29) is 0 Å². The molecule has 3 heteroatoms. The lowest BCUT2D eigenvalue weighted by Crippen LogP contribution is -2.11. The van der Waals surface area contributed by atoms with Gasteiger partial charge in [-0.1, -0.05) is 0 Å². The molecule has 0 bridgehead atoms. The van der Waals surface area contributed by atoms with Gasteiger partial charge in [-0.15, -0.1) is 0 Å². The summed E-state index contributed by atoms with van der Waals surface area (Å²) in [5.74, 6) is 0.428. The van der Waals surface area contributed by atoms with Crippen LogP contribution in [-0.4, -0.2) is 25.3 Å². The molecule has 0 aromatic rings. The standard InChI is InChI=1S/C6H12N2O/c1-4-8-6(9-3)5(2)7/h7H,4H2,1-3H3. The number of aliphatic imine (C=N–C) groups is 1. The number of hydrogen-bond donors (Lipinski definition) is 1. The number of rotatable bonds is 2. The Hall–Kier alpha value is -0.860. The SMILES string of the molecule is CCN=C(OC)C(C)=N. The lowest BCUT2D eigenvalue weighted by molar-refractivity contribution is 0.409. The van der Waals surface area contributed by atoms with Gasteiger partial charge in [0.1, 0.15) is 0 Å². The van der Waals surface area contributed by atoms with Gasteiger partial charge in [-0.05, 0) is 13.8 Å². The predicted molar refractivity (Wildman–Crippen MR) is 38.4 cm³/mol. The molecule has 0 fully saturated rings. The largest absolute Gasteiger partial charge is 0.480 e. The van der Waals surface area contributed by atoms with E-state index in [4.69, 9.17) is 10.1 Å². The van der Waals surface area contributed by atoms with Crippen LogP contribution in [0.1, 0.15) is 13.8 Å². The molecule has 0 atom stereocenters. The van der Waals surface area contributed by atoms with Crippen molar-refractivity contribution < 1.29 is 4.74 Å². The number of ether oxygens (including phenoxy) is 1. The van der Waals surface area contributed by atoms with Gasteiger partial charge in [0.05, 0.1) is 12.8 Å². The summed E-state index contributed by atoms with van der Waals surface area (Å²) < 4.78 is 4.78. The average molecular weight is 128 g/mol. The van der Waals surface area contributed by atoms with Crippen LogP contribution in [0.25, 0.3) is 0 Å². The molecule has 0 radical (unpaired) electrons. The lowest BCUT2D eigenvalue weighted by atomic mass is 10.4. The minimum Gasteiger partial charge on any atom is -0.480 e. The summed E-state index contributed by atoms with van der Waals surface area (Å²) in [6.45, 7) is 4.22. The summed E-state index contributed by atoms with van der Waals surface area (Å²) in [7, 11) is 1.52. The third-order valence-corrected chi connectivity index (χ3v) is 0.816. The Labute approximate surface area is 55.3 Å². The van der Waals surface area contributed by atoms with E-state index in [2.05, 4.69) is 4.99 Å². The molecule has 3 nitrogen and oxygen atoms in total. The van der Waals surface area contributed by atoms with E-state index in [0.29, 0.717) is 18.2 Å². The van der Waals surface area contributed by atoms with Gasteiger partial charge in [0.25, 0.3) is 0 Å². The van der Waals surface area contributed by atoms with E-state index in [1.807, 2.05) is 6.92 Å². The summed E-state index contributed by atoms with van der Waals surface area (Å²) in [5.41, 5.74) is 0.374. The molecule has 0 unspecified atom stereocenters. The van der Waals surface area contributed by atoms with Crippen LogP contribution in [0, 0.1) is 5.41 Å². The molecule has 0 spiro atoms. The molecule has 1 N–H and O–H groups in total. The van der Waals surface area contributed by atoms with Crippen molar-refractivity contribution in [3.8, 4) is 0 Å². The Bertz CT molecular complexity index is 129. The molecule has 0 saturated heterocycles. The zero-order valence-electron chi connectivity index (χ0n) is 6.06. The first-order valence-electron chi connectivity index (χ1n) is 2.86. The summed E-state index contributed by atoms with van der Waals surface area (Å²) in [6.07, 6.45) is 0. The monoisotopic (exact) mass is 128 g/mol.